The van der Waals surface area contributed by atoms with Crippen LogP contribution < -0.4 is 5.56 Å². The minimum atomic E-state index is -3.21. The molecule has 1 aromatic carbocycles. The Kier molecular flexibility index (Phi) is 7.32. The number of nitrogens with zero attached hydrogens (tertiary/aromatic N) is 4. The lowest BCUT2D eigenvalue weighted by atomic mass is 10.1. The Hall–Kier alpha value is -2.02. The van der Waals surface area contributed by atoms with Crippen molar-refractivity contribution in [2.45, 2.75) is 19.4 Å². The van der Waals surface area contributed by atoms with Crippen LogP contribution in [0.4, 0.5) is 0 Å². The molecule has 0 saturated carbocycles. The summed E-state index contributed by atoms with van der Waals surface area (Å²) in [5.41, 5.74) is -0.151. The molecule has 0 amide bonds. The number of aromatic nitrogens is 2. The van der Waals surface area contributed by atoms with E-state index in [0.717, 1.165) is 10.4 Å². The zero-order valence-electron chi connectivity index (χ0n) is 18.2. The number of carbonyl (C=O) groups excluding carboxylic acids is 1. The molecule has 13 heteroatoms. The molecule has 0 unspecified atom stereocenters. The Morgan fingerprint density at radius 1 is 1.18 bits per heavy atom. The number of carbonyl (C=O) groups is 1. The van der Waals surface area contributed by atoms with Crippen molar-refractivity contribution in [3.8, 4) is 5.75 Å². The number of sulfonamides is 1. The maximum Gasteiger partial charge on any atom is 0.301 e. The lowest BCUT2D eigenvalue weighted by Crippen LogP contribution is -2.47. The summed E-state index contributed by atoms with van der Waals surface area (Å²) in [6.45, 7) is 2.44. The standard InChI is InChI=1S/C21H22Cl2N4O5S2/c1-34(31,32)26-8-6-25(7-9-26)11-14-12-27-20(30)19(29)18(24-21(27)33-14)17(28)5-3-13-2-4-15(22)16(23)10-13/h2,4,10,12,29H,3,5-9,11H2,1H3. The largest absolute Gasteiger partial charge is 0.501 e. The zero-order chi connectivity index (χ0) is 24.6. The highest BCUT2D eigenvalue weighted by molar-refractivity contribution is 7.88. The predicted molar refractivity (Wildman–Crippen MR) is 132 cm³/mol. The van der Waals surface area contributed by atoms with Gasteiger partial charge in [-0.2, -0.15) is 4.31 Å². The number of aryl methyl sites for hydroxylation is 1. The molecule has 0 bridgehead atoms. The molecular formula is C21H22Cl2N4O5S2. The second-order valence-corrected chi connectivity index (χ2v) is 12.0. The number of fused-ring (bicyclic) bond motifs is 1. The van der Waals surface area contributed by atoms with Crippen LogP contribution in [-0.2, 0) is 23.0 Å². The molecule has 182 valence electrons. The third kappa shape index (κ3) is 5.45. The monoisotopic (exact) mass is 544 g/mol. The number of thiazole rings is 1. The first-order chi connectivity index (χ1) is 16.0. The Bertz CT molecular complexity index is 1410. The fourth-order valence-corrected chi connectivity index (χ4v) is 5.91. The van der Waals surface area contributed by atoms with E-state index in [9.17, 15) is 23.1 Å². The van der Waals surface area contributed by atoms with Gasteiger partial charge in [-0.1, -0.05) is 40.6 Å². The summed E-state index contributed by atoms with van der Waals surface area (Å²) in [5, 5.41) is 11.2. The molecule has 0 atom stereocenters. The van der Waals surface area contributed by atoms with E-state index < -0.39 is 27.1 Å². The number of piperazine rings is 1. The first-order valence-electron chi connectivity index (χ1n) is 10.4. The van der Waals surface area contributed by atoms with E-state index in [0.29, 0.717) is 54.2 Å². The van der Waals surface area contributed by atoms with Crippen molar-refractivity contribution < 1.29 is 18.3 Å². The van der Waals surface area contributed by atoms with Crippen molar-refractivity contribution in [2.75, 3.05) is 32.4 Å². The van der Waals surface area contributed by atoms with Crippen LogP contribution in [0.5, 0.6) is 5.75 Å². The molecular weight excluding hydrogens is 523 g/mol. The highest BCUT2D eigenvalue weighted by atomic mass is 35.5. The summed E-state index contributed by atoms with van der Waals surface area (Å²) in [5.74, 6) is -1.13. The summed E-state index contributed by atoms with van der Waals surface area (Å²) in [7, 11) is -3.21. The molecule has 1 saturated heterocycles. The molecule has 3 aromatic rings. The highest BCUT2D eigenvalue weighted by Crippen LogP contribution is 2.25. The van der Waals surface area contributed by atoms with E-state index in [2.05, 4.69) is 9.88 Å². The summed E-state index contributed by atoms with van der Waals surface area (Å²) in [6.07, 6.45) is 3.19. The first-order valence-corrected chi connectivity index (χ1v) is 13.8. The quantitative estimate of drug-likeness (QED) is 0.455. The number of Topliss-reactive ketones (excluding diaryl/α,β-unsaturated/α-hetero) is 1. The van der Waals surface area contributed by atoms with Gasteiger partial charge in [-0.25, -0.2) is 13.4 Å². The third-order valence-electron chi connectivity index (χ3n) is 5.62. The van der Waals surface area contributed by atoms with E-state index in [-0.39, 0.29) is 12.1 Å². The van der Waals surface area contributed by atoms with Crippen molar-refractivity contribution in [3.05, 3.63) is 60.9 Å². The Balaban J connectivity index is 1.48. The molecule has 34 heavy (non-hydrogen) atoms. The molecule has 9 nitrogen and oxygen atoms in total. The summed E-state index contributed by atoms with van der Waals surface area (Å²) >= 11 is 13.2. The minimum absolute atomic E-state index is 0.0387. The molecule has 0 spiro atoms. The van der Waals surface area contributed by atoms with Crippen LogP contribution in [0.25, 0.3) is 4.96 Å². The second-order valence-electron chi connectivity index (χ2n) is 8.07. The molecule has 1 aliphatic rings. The maximum absolute atomic E-state index is 12.7. The van der Waals surface area contributed by atoms with Crippen LogP contribution in [0.15, 0.2) is 29.2 Å². The number of rotatable bonds is 7. The van der Waals surface area contributed by atoms with Crippen molar-refractivity contribution in [1.82, 2.24) is 18.6 Å². The van der Waals surface area contributed by atoms with E-state index in [1.807, 2.05) is 0 Å². The molecule has 1 aliphatic heterocycles. The average molecular weight is 545 g/mol. The third-order valence-corrected chi connectivity index (χ3v) is 8.63. The van der Waals surface area contributed by atoms with E-state index in [4.69, 9.17) is 23.2 Å². The van der Waals surface area contributed by atoms with Gasteiger partial charge < -0.3 is 5.11 Å². The SMILES string of the molecule is CS(=O)(=O)N1CCN(Cc2cn3c(=O)c(O)c(C(=O)CCc4ccc(Cl)c(Cl)c4)nc3s2)CC1. The van der Waals surface area contributed by atoms with Gasteiger partial charge in [0.05, 0.1) is 16.3 Å². The van der Waals surface area contributed by atoms with Crippen LogP contribution in [0.2, 0.25) is 10.0 Å². The fourth-order valence-electron chi connectivity index (χ4n) is 3.76. The van der Waals surface area contributed by atoms with Crippen molar-refractivity contribution in [2.24, 2.45) is 0 Å². The fraction of sp³-hybridized carbons (Fsp3) is 0.381. The zero-order valence-corrected chi connectivity index (χ0v) is 21.3. The van der Waals surface area contributed by atoms with Crippen molar-refractivity contribution in [3.63, 3.8) is 0 Å². The molecule has 3 heterocycles. The van der Waals surface area contributed by atoms with Crippen LogP contribution in [0.3, 0.4) is 0 Å². The lowest BCUT2D eigenvalue weighted by molar-refractivity contribution is 0.0975. The van der Waals surface area contributed by atoms with Gasteiger partial charge in [0.25, 0.3) is 0 Å². The van der Waals surface area contributed by atoms with Crippen LogP contribution in [0.1, 0.15) is 27.3 Å². The number of benzene rings is 1. The van der Waals surface area contributed by atoms with Crippen LogP contribution in [0, 0.1) is 0 Å². The number of halogens is 2. The second kappa shape index (κ2) is 9.92. The van der Waals surface area contributed by atoms with Gasteiger partial charge in [-0.15, -0.1) is 0 Å². The lowest BCUT2D eigenvalue weighted by Gasteiger charge is -2.32. The highest BCUT2D eigenvalue weighted by Gasteiger charge is 2.25. The summed E-state index contributed by atoms with van der Waals surface area (Å²) < 4.78 is 26.0. The summed E-state index contributed by atoms with van der Waals surface area (Å²) in [4.78, 5) is 32.9. The Morgan fingerprint density at radius 3 is 2.53 bits per heavy atom. The van der Waals surface area contributed by atoms with Crippen molar-refractivity contribution >= 4 is 55.3 Å². The molecule has 4 rings (SSSR count). The van der Waals surface area contributed by atoms with Gasteiger partial charge in [0.1, 0.15) is 0 Å². The molecule has 0 aliphatic carbocycles. The normalized spacial score (nSPS) is 15.7. The smallest absolute Gasteiger partial charge is 0.301 e. The number of hydrogen-bond donors (Lipinski definition) is 1. The molecule has 1 fully saturated rings. The van der Waals surface area contributed by atoms with Gasteiger partial charge in [-0.05, 0) is 24.1 Å². The minimum Gasteiger partial charge on any atom is -0.501 e. The van der Waals surface area contributed by atoms with E-state index in [1.165, 1.54) is 26.3 Å². The van der Waals surface area contributed by atoms with Gasteiger partial charge >= 0.3 is 5.56 Å². The molecule has 0 radical (unpaired) electrons. The first kappa shape index (κ1) is 25.1. The van der Waals surface area contributed by atoms with Gasteiger partial charge in [0.15, 0.2) is 16.4 Å². The van der Waals surface area contributed by atoms with E-state index >= 15 is 0 Å². The number of hydrogen-bond acceptors (Lipinski definition) is 8. The van der Waals surface area contributed by atoms with Gasteiger partial charge in [0.2, 0.25) is 15.8 Å². The van der Waals surface area contributed by atoms with E-state index in [1.54, 1.807) is 24.4 Å². The van der Waals surface area contributed by atoms with Crippen LogP contribution in [-0.4, -0.2) is 70.3 Å². The topological polar surface area (TPSA) is 112 Å². The average Bonchev–Trinajstić information content (AvgIpc) is 3.19. The maximum atomic E-state index is 12.7. The number of aromatic hydroxyl groups is 1. The van der Waals surface area contributed by atoms with Crippen molar-refractivity contribution in [1.29, 1.82) is 0 Å². The summed E-state index contributed by atoms with van der Waals surface area (Å²) in [6, 6.07) is 5.07. The molecule has 1 N–H and O–H groups in total. The van der Waals surface area contributed by atoms with Gasteiger partial charge in [-0.3, -0.25) is 18.9 Å². The molecule has 2 aromatic heterocycles. The predicted octanol–water partition coefficient (Wildman–Crippen LogP) is 2.66. The Morgan fingerprint density at radius 2 is 1.88 bits per heavy atom. The Labute approximate surface area is 210 Å². The van der Waals surface area contributed by atoms with Crippen LogP contribution >= 0.6 is 34.5 Å². The van der Waals surface area contributed by atoms with Gasteiger partial charge in [0, 0.05) is 50.2 Å². The number of ketones is 1.